The monoisotopic (exact) mass is 488 g/mol. The molecular weight excluding hydrogens is 459 g/mol. The van der Waals surface area contributed by atoms with Crippen LogP contribution in [0, 0.1) is 0 Å². The molecular formula is C25H30Cl2N4O2. The van der Waals surface area contributed by atoms with E-state index in [4.69, 9.17) is 32.9 Å². The zero-order valence-corrected chi connectivity index (χ0v) is 20.8. The number of fused-ring (bicyclic) bond motifs is 1. The first-order chi connectivity index (χ1) is 15.7. The molecule has 1 fully saturated rings. The first-order valence-electron chi connectivity index (χ1n) is 11.3. The molecule has 0 saturated carbocycles. The Morgan fingerprint density at radius 1 is 1.18 bits per heavy atom. The maximum atomic E-state index is 12.8. The van der Waals surface area contributed by atoms with Gasteiger partial charge in [-0.3, -0.25) is 0 Å². The number of imidazole rings is 1. The van der Waals surface area contributed by atoms with E-state index in [1.807, 2.05) is 62.1 Å². The number of carbonyl (C=O) groups excluding carboxylic acids is 1. The maximum absolute atomic E-state index is 12.8. The number of piperidine rings is 1. The van der Waals surface area contributed by atoms with Crippen molar-refractivity contribution < 1.29 is 9.53 Å². The molecule has 2 aromatic carbocycles. The van der Waals surface area contributed by atoms with Gasteiger partial charge in [-0.25, -0.2) is 9.78 Å². The van der Waals surface area contributed by atoms with Gasteiger partial charge in [0, 0.05) is 23.1 Å². The molecule has 33 heavy (non-hydrogen) atoms. The Hall–Kier alpha value is -2.44. The quantitative estimate of drug-likeness (QED) is 0.439. The summed E-state index contributed by atoms with van der Waals surface area (Å²) in [5, 5.41) is 4.80. The Kier molecular flexibility index (Phi) is 7.05. The molecule has 1 unspecified atom stereocenters. The number of aromatic nitrogens is 2. The van der Waals surface area contributed by atoms with Crippen LogP contribution < -0.4 is 5.32 Å². The molecule has 2 heterocycles. The lowest BCUT2D eigenvalue weighted by Crippen LogP contribution is -2.49. The molecule has 1 aliphatic rings. The van der Waals surface area contributed by atoms with Crippen molar-refractivity contribution in [3.8, 4) is 0 Å². The minimum Gasteiger partial charge on any atom is -0.444 e. The second-order valence-corrected chi connectivity index (χ2v) is 10.3. The van der Waals surface area contributed by atoms with Crippen LogP contribution >= 0.6 is 23.2 Å². The Morgan fingerprint density at radius 2 is 1.97 bits per heavy atom. The second-order valence-electron chi connectivity index (χ2n) is 9.45. The summed E-state index contributed by atoms with van der Waals surface area (Å²) in [6.07, 6.45) is 2.74. The van der Waals surface area contributed by atoms with Gasteiger partial charge in [-0.15, -0.1) is 0 Å². The van der Waals surface area contributed by atoms with Gasteiger partial charge < -0.3 is 19.5 Å². The van der Waals surface area contributed by atoms with Crippen molar-refractivity contribution in [1.82, 2.24) is 14.5 Å². The summed E-state index contributed by atoms with van der Waals surface area (Å²) in [5.74, 6) is 0.738. The van der Waals surface area contributed by atoms with Gasteiger partial charge in [0.25, 0.3) is 0 Å². The number of nitrogens with zero attached hydrogens (tertiary/aromatic N) is 3. The van der Waals surface area contributed by atoms with Gasteiger partial charge >= 0.3 is 6.09 Å². The highest BCUT2D eigenvalue weighted by atomic mass is 35.5. The van der Waals surface area contributed by atoms with Crippen LogP contribution in [0.5, 0.6) is 0 Å². The van der Waals surface area contributed by atoms with Gasteiger partial charge in [-0.1, -0.05) is 35.3 Å². The fourth-order valence-corrected chi connectivity index (χ4v) is 4.56. The molecule has 0 bridgehead atoms. The van der Waals surface area contributed by atoms with Crippen molar-refractivity contribution in [3.05, 3.63) is 58.1 Å². The van der Waals surface area contributed by atoms with E-state index in [0.29, 0.717) is 29.7 Å². The lowest BCUT2D eigenvalue weighted by Gasteiger charge is -2.36. The van der Waals surface area contributed by atoms with Gasteiger partial charge in [-0.05, 0) is 75.9 Å². The van der Waals surface area contributed by atoms with E-state index < -0.39 is 5.60 Å². The summed E-state index contributed by atoms with van der Waals surface area (Å²) in [5.41, 5.74) is 2.30. The molecule has 1 saturated heterocycles. The number of nitrogens with one attached hydrogen (secondary N) is 1. The summed E-state index contributed by atoms with van der Waals surface area (Å²) in [4.78, 5) is 19.4. The zero-order chi connectivity index (χ0) is 23.6. The Morgan fingerprint density at radius 3 is 2.76 bits per heavy atom. The molecule has 1 aromatic heterocycles. The first-order valence-corrected chi connectivity index (χ1v) is 12.1. The third-order valence-electron chi connectivity index (χ3n) is 5.74. The number of likely N-dealkylation sites (tertiary alicyclic amines) is 1. The van der Waals surface area contributed by atoms with Crippen molar-refractivity contribution in [2.75, 3.05) is 18.4 Å². The summed E-state index contributed by atoms with van der Waals surface area (Å²) in [6, 6.07) is 13.5. The molecule has 1 atom stereocenters. The van der Waals surface area contributed by atoms with Gasteiger partial charge in [0.2, 0.25) is 5.95 Å². The Labute approximate surface area is 204 Å². The molecule has 1 amide bonds. The molecule has 1 aliphatic heterocycles. The number of halogens is 2. The van der Waals surface area contributed by atoms with Gasteiger partial charge in [0.15, 0.2) is 0 Å². The highest BCUT2D eigenvalue weighted by Crippen LogP contribution is 2.27. The molecule has 3 aromatic rings. The zero-order valence-electron chi connectivity index (χ0n) is 19.3. The lowest BCUT2D eigenvalue weighted by atomic mass is 10.0. The molecule has 1 N–H and O–H groups in total. The van der Waals surface area contributed by atoms with E-state index in [2.05, 4.69) is 9.88 Å². The average molecular weight is 489 g/mol. The highest BCUT2D eigenvalue weighted by molar-refractivity contribution is 6.33. The fraction of sp³-hybridized carbons (Fsp3) is 0.440. The molecule has 0 spiro atoms. The third kappa shape index (κ3) is 5.74. The fourth-order valence-electron chi connectivity index (χ4n) is 4.19. The van der Waals surface area contributed by atoms with Crippen LogP contribution in [0.4, 0.5) is 10.7 Å². The van der Waals surface area contributed by atoms with Crippen LogP contribution in [0.3, 0.4) is 0 Å². The van der Waals surface area contributed by atoms with Crippen LogP contribution in [-0.4, -0.2) is 45.3 Å². The predicted octanol–water partition coefficient (Wildman–Crippen LogP) is 6.59. The number of hydrogen-bond acceptors (Lipinski definition) is 4. The van der Waals surface area contributed by atoms with E-state index in [1.54, 1.807) is 6.07 Å². The van der Waals surface area contributed by atoms with Crippen LogP contribution in [0.25, 0.3) is 11.0 Å². The summed E-state index contributed by atoms with van der Waals surface area (Å²) in [6.45, 7) is 7.51. The lowest BCUT2D eigenvalue weighted by molar-refractivity contribution is 0.0114. The molecule has 0 aliphatic carbocycles. The van der Waals surface area contributed by atoms with E-state index in [1.165, 1.54) is 0 Å². The molecule has 8 heteroatoms. The Balaban J connectivity index is 1.57. The normalized spacial score (nSPS) is 16.8. The summed E-state index contributed by atoms with van der Waals surface area (Å²) >= 11 is 12.7. The Bertz CT molecular complexity index is 1140. The summed E-state index contributed by atoms with van der Waals surface area (Å²) in [7, 11) is 0. The topological polar surface area (TPSA) is 59.4 Å². The highest BCUT2D eigenvalue weighted by Gasteiger charge is 2.30. The average Bonchev–Trinajstić information content (AvgIpc) is 3.11. The first kappa shape index (κ1) is 23.7. The van der Waals surface area contributed by atoms with Crippen molar-refractivity contribution >= 4 is 46.3 Å². The molecule has 0 radical (unpaired) electrons. The number of hydrogen-bond donors (Lipinski definition) is 1. The van der Waals surface area contributed by atoms with E-state index in [9.17, 15) is 4.79 Å². The van der Waals surface area contributed by atoms with Crippen LogP contribution in [0.2, 0.25) is 10.0 Å². The van der Waals surface area contributed by atoms with Crippen molar-refractivity contribution in [2.45, 2.75) is 58.2 Å². The second kappa shape index (κ2) is 9.82. The number of carbonyl (C=O) groups is 1. The van der Waals surface area contributed by atoms with Crippen LogP contribution in [0.15, 0.2) is 42.5 Å². The molecule has 4 rings (SSSR count). The maximum Gasteiger partial charge on any atom is 0.410 e. The van der Waals surface area contributed by atoms with Gasteiger partial charge in [0.05, 0.1) is 23.6 Å². The number of benzene rings is 2. The van der Waals surface area contributed by atoms with Gasteiger partial charge in [-0.2, -0.15) is 0 Å². The number of amides is 1. The van der Waals surface area contributed by atoms with Crippen molar-refractivity contribution in [1.29, 1.82) is 0 Å². The number of ether oxygens (including phenoxy) is 1. The van der Waals surface area contributed by atoms with E-state index in [0.717, 1.165) is 41.8 Å². The third-order valence-corrected chi connectivity index (χ3v) is 6.35. The standard InChI is InChI=1S/C25H30Cl2N4O2/c1-25(2,3)33-24(32)30-13-7-6-8-19(30)15-28-23-29-21-9-4-5-10-22(21)31(23)16-17-14-18(26)11-12-20(17)27/h4-5,9-12,14,19H,6-8,13,15-16H2,1-3H3,(H,28,29). The minimum absolute atomic E-state index is 0.0385. The smallest absolute Gasteiger partial charge is 0.410 e. The van der Waals surface area contributed by atoms with Crippen molar-refractivity contribution in [3.63, 3.8) is 0 Å². The number of anilines is 1. The van der Waals surface area contributed by atoms with Gasteiger partial charge in [0.1, 0.15) is 5.60 Å². The number of para-hydroxylation sites is 2. The molecule has 6 nitrogen and oxygen atoms in total. The van der Waals surface area contributed by atoms with E-state index in [-0.39, 0.29) is 12.1 Å². The SMILES string of the molecule is CC(C)(C)OC(=O)N1CCCCC1CNc1nc2ccccc2n1Cc1cc(Cl)ccc1Cl. The predicted molar refractivity (Wildman–Crippen MR) is 134 cm³/mol. The van der Waals surface area contributed by atoms with E-state index >= 15 is 0 Å². The minimum atomic E-state index is -0.517. The number of rotatable bonds is 5. The molecule has 176 valence electrons. The van der Waals surface area contributed by atoms with Crippen LogP contribution in [0.1, 0.15) is 45.6 Å². The largest absolute Gasteiger partial charge is 0.444 e. The summed E-state index contributed by atoms with van der Waals surface area (Å²) < 4.78 is 7.75. The van der Waals surface area contributed by atoms with Crippen molar-refractivity contribution in [2.24, 2.45) is 0 Å². The van der Waals surface area contributed by atoms with Crippen LogP contribution in [-0.2, 0) is 11.3 Å².